The molecule has 0 bridgehead atoms. The number of esters is 1. The molecule has 1 aliphatic rings. The first-order valence-electron chi connectivity index (χ1n) is 9.12. The van der Waals surface area contributed by atoms with Crippen LogP contribution in [0, 0.1) is 0 Å². The Labute approximate surface area is 168 Å². The number of hydrogen-bond acceptors (Lipinski definition) is 6. The SMILES string of the molecule is CC(=O)N1[C@@H](C(=O)OCC(=O)c2ccc(C(C)C)cc2)CS[C@H]1c1ccco1. The molecule has 1 fully saturated rings. The minimum Gasteiger partial charge on any atom is -0.466 e. The van der Waals surface area contributed by atoms with Gasteiger partial charge in [0.25, 0.3) is 0 Å². The molecule has 0 spiro atoms. The molecule has 0 saturated carbocycles. The largest absolute Gasteiger partial charge is 0.466 e. The number of benzene rings is 1. The average Bonchev–Trinajstić information content (AvgIpc) is 3.35. The summed E-state index contributed by atoms with van der Waals surface area (Å²) in [5.41, 5.74) is 1.63. The summed E-state index contributed by atoms with van der Waals surface area (Å²) >= 11 is 1.43. The van der Waals surface area contributed by atoms with Crippen molar-refractivity contribution in [3.63, 3.8) is 0 Å². The van der Waals surface area contributed by atoms with Gasteiger partial charge in [-0.15, -0.1) is 11.8 Å². The molecule has 0 aliphatic carbocycles. The van der Waals surface area contributed by atoms with Gasteiger partial charge in [0.15, 0.2) is 12.4 Å². The molecule has 1 aliphatic heterocycles. The number of ether oxygens (including phenoxy) is 1. The molecule has 1 saturated heterocycles. The number of carbonyl (C=O) groups excluding carboxylic acids is 3. The summed E-state index contributed by atoms with van der Waals surface area (Å²) in [6.45, 7) is 5.21. The number of thioether (sulfide) groups is 1. The zero-order chi connectivity index (χ0) is 20.3. The predicted octanol–water partition coefficient (Wildman–Crippen LogP) is 3.79. The van der Waals surface area contributed by atoms with Gasteiger partial charge in [-0.3, -0.25) is 9.59 Å². The number of Topliss-reactive ketones (excluding diaryl/α,β-unsaturated/α-hetero) is 1. The molecule has 1 aromatic heterocycles. The Morgan fingerprint density at radius 3 is 2.50 bits per heavy atom. The second-order valence-corrected chi connectivity index (χ2v) is 8.06. The van der Waals surface area contributed by atoms with Crippen molar-refractivity contribution in [2.75, 3.05) is 12.4 Å². The zero-order valence-electron chi connectivity index (χ0n) is 16.1. The summed E-state index contributed by atoms with van der Waals surface area (Å²) in [4.78, 5) is 38.4. The second kappa shape index (κ2) is 8.65. The number of rotatable bonds is 6. The summed E-state index contributed by atoms with van der Waals surface area (Å²) in [6, 6.07) is 10.1. The van der Waals surface area contributed by atoms with Gasteiger partial charge in [-0.1, -0.05) is 38.1 Å². The van der Waals surface area contributed by atoms with Gasteiger partial charge >= 0.3 is 5.97 Å². The predicted molar refractivity (Wildman–Crippen MR) is 106 cm³/mol. The van der Waals surface area contributed by atoms with Gasteiger partial charge in [0.05, 0.1) is 6.26 Å². The fraction of sp³-hybridized carbons (Fsp3) is 0.381. The molecule has 0 N–H and O–H groups in total. The molecule has 1 amide bonds. The number of amides is 1. The quantitative estimate of drug-likeness (QED) is 0.541. The Kier molecular flexibility index (Phi) is 6.24. The second-order valence-electron chi connectivity index (χ2n) is 6.95. The molecule has 0 unspecified atom stereocenters. The number of nitrogens with zero attached hydrogens (tertiary/aromatic N) is 1. The number of furan rings is 1. The van der Waals surface area contributed by atoms with E-state index in [4.69, 9.17) is 9.15 Å². The number of ketones is 1. The van der Waals surface area contributed by atoms with Crippen molar-refractivity contribution in [3.8, 4) is 0 Å². The third-order valence-corrected chi connectivity index (χ3v) is 5.95. The topological polar surface area (TPSA) is 76.8 Å². The minimum absolute atomic E-state index is 0.246. The van der Waals surface area contributed by atoms with Gasteiger partial charge in [0.1, 0.15) is 17.2 Å². The first-order valence-corrected chi connectivity index (χ1v) is 10.2. The third kappa shape index (κ3) is 4.30. The molecular weight excluding hydrogens is 378 g/mol. The van der Waals surface area contributed by atoms with Crippen molar-refractivity contribution in [2.24, 2.45) is 0 Å². The number of hydrogen-bond donors (Lipinski definition) is 0. The molecular formula is C21H23NO5S. The molecule has 2 aromatic rings. The van der Waals surface area contributed by atoms with Crippen LogP contribution in [0.5, 0.6) is 0 Å². The highest BCUT2D eigenvalue weighted by Crippen LogP contribution is 2.41. The van der Waals surface area contributed by atoms with Crippen LogP contribution >= 0.6 is 11.8 Å². The summed E-state index contributed by atoms with van der Waals surface area (Å²) in [5, 5.41) is -0.371. The van der Waals surface area contributed by atoms with E-state index in [2.05, 4.69) is 13.8 Å². The molecule has 28 heavy (non-hydrogen) atoms. The average molecular weight is 401 g/mol. The highest BCUT2D eigenvalue weighted by molar-refractivity contribution is 7.99. The lowest BCUT2D eigenvalue weighted by Gasteiger charge is -2.25. The fourth-order valence-electron chi connectivity index (χ4n) is 3.09. The molecule has 148 valence electrons. The molecule has 6 nitrogen and oxygen atoms in total. The standard InChI is InChI=1S/C21H23NO5S/c1-13(2)15-6-8-16(9-7-15)18(24)11-27-21(25)17-12-28-20(22(17)14(3)23)19-5-4-10-26-19/h4-10,13,17,20H,11-12H2,1-3H3/t17-,20+/m1/s1. The smallest absolute Gasteiger partial charge is 0.330 e. The van der Waals surface area contributed by atoms with Crippen molar-refractivity contribution in [1.82, 2.24) is 4.90 Å². The van der Waals surface area contributed by atoms with E-state index in [1.807, 2.05) is 12.1 Å². The molecule has 1 aromatic carbocycles. The van der Waals surface area contributed by atoms with E-state index < -0.39 is 12.0 Å². The van der Waals surface area contributed by atoms with Crippen molar-refractivity contribution in [1.29, 1.82) is 0 Å². The lowest BCUT2D eigenvalue weighted by Crippen LogP contribution is -2.43. The summed E-state index contributed by atoms with van der Waals surface area (Å²) < 4.78 is 10.6. The maximum Gasteiger partial charge on any atom is 0.330 e. The summed E-state index contributed by atoms with van der Waals surface area (Å²) in [5.74, 6) is 0.276. The van der Waals surface area contributed by atoms with E-state index in [-0.39, 0.29) is 23.7 Å². The van der Waals surface area contributed by atoms with Crippen LogP contribution in [-0.4, -0.2) is 41.0 Å². The van der Waals surface area contributed by atoms with E-state index in [1.54, 1.807) is 24.3 Å². The van der Waals surface area contributed by atoms with Crippen molar-refractivity contribution in [2.45, 2.75) is 38.1 Å². The first-order chi connectivity index (χ1) is 13.4. The van der Waals surface area contributed by atoms with Crippen LogP contribution in [0.3, 0.4) is 0 Å². The van der Waals surface area contributed by atoms with Gasteiger partial charge in [0, 0.05) is 18.2 Å². The van der Waals surface area contributed by atoms with E-state index in [9.17, 15) is 14.4 Å². The Balaban J connectivity index is 1.62. The van der Waals surface area contributed by atoms with Crippen LogP contribution in [0.15, 0.2) is 47.1 Å². The summed E-state index contributed by atoms with van der Waals surface area (Å²) in [6.07, 6.45) is 1.53. The lowest BCUT2D eigenvalue weighted by atomic mass is 10.0. The van der Waals surface area contributed by atoms with E-state index in [0.717, 1.165) is 5.56 Å². The van der Waals surface area contributed by atoms with Crippen molar-refractivity contribution < 1.29 is 23.5 Å². The van der Waals surface area contributed by atoms with Crippen LogP contribution in [0.25, 0.3) is 0 Å². The lowest BCUT2D eigenvalue weighted by molar-refractivity contribution is -0.152. The highest BCUT2D eigenvalue weighted by Gasteiger charge is 2.43. The molecule has 0 radical (unpaired) electrons. The normalized spacial score (nSPS) is 19.1. The Morgan fingerprint density at radius 1 is 1.21 bits per heavy atom. The molecule has 3 rings (SSSR count). The summed E-state index contributed by atoms with van der Waals surface area (Å²) in [7, 11) is 0. The van der Waals surface area contributed by atoms with Crippen LogP contribution in [0.1, 0.15) is 53.7 Å². The third-order valence-electron chi connectivity index (χ3n) is 4.67. The monoisotopic (exact) mass is 401 g/mol. The van der Waals surface area contributed by atoms with E-state index >= 15 is 0 Å². The Morgan fingerprint density at radius 2 is 1.93 bits per heavy atom. The van der Waals surface area contributed by atoms with Crippen molar-refractivity contribution >= 4 is 29.4 Å². The van der Waals surface area contributed by atoms with Crippen LogP contribution < -0.4 is 0 Å². The van der Waals surface area contributed by atoms with Gasteiger partial charge in [0.2, 0.25) is 5.91 Å². The van der Waals surface area contributed by atoms with Crippen molar-refractivity contribution in [3.05, 3.63) is 59.5 Å². The van der Waals surface area contributed by atoms with Crippen LogP contribution in [-0.2, 0) is 14.3 Å². The maximum atomic E-state index is 12.5. The van der Waals surface area contributed by atoms with E-state index in [1.165, 1.54) is 29.8 Å². The van der Waals surface area contributed by atoms with Gasteiger partial charge in [-0.2, -0.15) is 0 Å². The molecule has 7 heteroatoms. The first kappa shape index (κ1) is 20.2. The van der Waals surface area contributed by atoms with Crippen LogP contribution in [0.4, 0.5) is 0 Å². The van der Waals surface area contributed by atoms with Gasteiger partial charge < -0.3 is 14.1 Å². The highest BCUT2D eigenvalue weighted by atomic mass is 32.2. The minimum atomic E-state index is -0.742. The fourth-order valence-corrected chi connectivity index (χ4v) is 4.51. The maximum absolute atomic E-state index is 12.5. The molecule has 2 atom stereocenters. The van der Waals surface area contributed by atoms with Gasteiger partial charge in [-0.05, 0) is 23.6 Å². The zero-order valence-corrected chi connectivity index (χ0v) is 16.9. The van der Waals surface area contributed by atoms with Gasteiger partial charge in [-0.25, -0.2) is 4.79 Å². The Bertz CT molecular complexity index is 844. The van der Waals surface area contributed by atoms with E-state index in [0.29, 0.717) is 23.0 Å². The molecule has 2 heterocycles. The number of carbonyl (C=O) groups is 3. The Hall–Kier alpha value is -2.54. The van der Waals surface area contributed by atoms with Crippen LogP contribution in [0.2, 0.25) is 0 Å².